The first-order valence-corrected chi connectivity index (χ1v) is 9.24. The monoisotopic (exact) mass is 349 g/mol. The fourth-order valence-corrected chi connectivity index (χ4v) is 4.43. The zero-order chi connectivity index (χ0) is 16.6. The Kier molecular flexibility index (Phi) is 4.17. The number of aryl methyl sites for hydroxylation is 1. The van der Waals surface area contributed by atoms with Crippen molar-refractivity contribution in [2.75, 3.05) is 10.8 Å². The van der Waals surface area contributed by atoms with Crippen molar-refractivity contribution in [3.05, 3.63) is 64.2 Å². The number of halogens is 1. The third-order valence-corrected chi connectivity index (χ3v) is 5.86. The molecule has 0 aliphatic carbocycles. The summed E-state index contributed by atoms with van der Waals surface area (Å²) in [6, 6.07) is 12.0. The van der Waals surface area contributed by atoms with Gasteiger partial charge in [-0.05, 0) is 36.8 Å². The van der Waals surface area contributed by atoms with Crippen molar-refractivity contribution in [1.29, 1.82) is 0 Å². The van der Waals surface area contributed by atoms with E-state index in [4.69, 9.17) is 11.6 Å². The van der Waals surface area contributed by atoms with Gasteiger partial charge >= 0.3 is 0 Å². The van der Waals surface area contributed by atoms with Gasteiger partial charge in [0.1, 0.15) is 0 Å². The van der Waals surface area contributed by atoms with E-state index in [1.54, 1.807) is 36.4 Å². The molecule has 3 rings (SSSR count). The summed E-state index contributed by atoms with van der Waals surface area (Å²) >= 11 is 5.83. The number of fused-ring (bicyclic) bond motifs is 1. The highest BCUT2D eigenvalue weighted by atomic mass is 35.5. The summed E-state index contributed by atoms with van der Waals surface area (Å²) in [6.07, 6.45) is 0.205. The molecule has 23 heavy (non-hydrogen) atoms. The summed E-state index contributed by atoms with van der Waals surface area (Å²) in [5.41, 5.74) is 2.56. The van der Waals surface area contributed by atoms with Crippen LogP contribution in [-0.2, 0) is 15.8 Å². The number of anilines is 1. The van der Waals surface area contributed by atoms with Gasteiger partial charge in [-0.25, -0.2) is 8.42 Å². The molecule has 1 aliphatic heterocycles. The SMILES string of the molecule is Cc1ccc2c(c1)C(=O)CCN2S(=O)(=O)Cc1ccc(Cl)cc1. The highest BCUT2D eigenvalue weighted by Crippen LogP contribution is 2.31. The molecule has 0 amide bonds. The molecule has 1 heterocycles. The molecule has 0 spiro atoms. The van der Waals surface area contributed by atoms with Crippen LogP contribution in [0.15, 0.2) is 42.5 Å². The molecule has 0 saturated heterocycles. The molecule has 6 heteroatoms. The normalized spacial score (nSPS) is 14.7. The minimum atomic E-state index is -3.56. The zero-order valence-electron chi connectivity index (χ0n) is 12.6. The molecule has 120 valence electrons. The van der Waals surface area contributed by atoms with Gasteiger partial charge in [-0.3, -0.25) is 9.10 Å². The van der Waals surface area contributed by atoms with Crippen LogP contribution in [0, 0.1) is 6.92 Å². The molecule has 0 aromatic heterocycles. The Morgan fingerprint density at radius 3 is 2.52 bits per heavy atom. The number of sulfonamides is 1. The van der Waals surface area contributed by atoms with Crippen LogP contribution in [-0.4, -0.2) is 20.7 Å². The van der Waals surface area contributed by atoms with Crippen LogP contribution in [0.5, 0.6) is 0 Å². The summed E-state index contributed by atoms with van der Waals surface area (Å²) in [5, 5.41) is 0.565. The lowest BCUT2D eigenvalue weighted by molar-refractivity contribution is 0.0982. The highest BCUT2D eigenvalue weighted by Gasteiger charge is 2.31. The molecule has 1 aliphatic rings. The Balaban J connectivity index is 1.96. The van der Waals surface area contributed by atoms with Crippen molar-refractivity contribution in [3.8, 4) is 0 Å². The Morgan fingerprint density at radius 2 is 1.83 bits per heavy atom. The van der Waals surface area contributed by atoms with Crippen LogP contribution in [0.3, 0.4) is 0 Å². The standard InChI is InChI=1S/C17H16ClNO3S/c1-12-2-7-16-15(10-12)17(20)8-9-19(16)23(21,22)11-13-3-5-14(18)6-4-13/h2-7,10H,8-9,11H2,1H3. The molecule has 0 radical (unpaired) electrons. The van der Waals surface area contributed by atoms with E-state index in [0.717, 1.165) is 5.56 Å². The largest absolute Gasteiger partial charge is 0.294 e. The van der Waals surface area contributed by atoms with Crippen LogP contribution in [0.4, 0.5) is 5.69 Å². The molecular formula is C17H16ClNO3S. The minimum absolute atomic E-state index is 0.0124. The predicted octanol–water partition coefficient (Wildman–Crippen LogP) is 3.57. The minimum Gasteiger partial charge on any atom is -0.294 e. The lowest BCUT2D eigenvalue weighted by Crippen LogP contribution is -2.38. The quantitative estimate of drug-likeness (QED) is 0.851. The van der Waals surface area contributed by atoms with Crippen LogP contribution in [0.2, 0.25) is 5.02 Å². The van der Waals surface area contributed by atoms with E-state index in [0.29, 0.717) is 21.8 Å². The second kappa shape index (κ2) is 5.98. The average molecular weight is 350 g/mol. The van der Waals surface area contributed by atoms with Crippen molar-refractivity contribution in [3.63, 3.8) is 0 Å². The second-order valence-corrected chi connectivity index (χ2v) is 7.98. The number of carbonyl (C=O) groups excluding carboxylic acids is 1. The molecule has 0 N–H and O–H groups in total. The zero-order valence-corrected chi connectivity index (χ0v) is 14.2. The molecule has 2 aromatic rings. The Hall–Kier alpha value is -1.85. The molecule has 0 unspecified atom stereocenters. The van der Waals surface area contributed by atoms with E-state index in [2.05, 4.69) is 0 Å². The van der Waals surface area contributed by atoms with Gasteiger partial charge < -0.3 is 0 Å². The third-order valence-electron chi connectivity index (χ3n) is 3.86. The van der Waals surface area contributed by atoms with Crippen molar-refractivity contribution >= 4 is 33.1 Å². The Bertz CT molecular complexity index is 860. The van der Waals surface area contributed by atoms with Gasteiger partial charge in [-0.1, -0.05) is 35.4 Å². The predicted molar refractivity (Wildman–Crippen MR) is 91.5 cm³/mol. The Labute approximate surface area is 140 Å². The maximum Gasteiger partial charge on any atom is 0.239 e. The summed E-state index contributed by atoms with van der Waals surface area (Å²) in [7, 11) is -3.56. The third kappa shape index (κ3) is 3.26. The number of carbonyl (C=O) groups is 1. The number of nitrogens with zero attached hydrogens (tertiary/aromatic N) is 1. The van der Waals surface area contributed by atoms with Crippen molar-refractivity contribution in [2.24, 2.45) is 0 Å². The van der Waals surface area contributed by atoms with E-state index in [-0.39, 0.29) is 24.5 Å². The van der Waals surface area contributed by atoms with E-state index < -0.39 is 10.0 Å². The highest BCUT2D eigenvalue weighted by molar-refractivity contribution is 7.92. The molecule has 0 saturated carbocycles. The summed E-state index contributed by atoms with van der Waals surface area (Å²) < 4.78 is 26.9. The summed E-state index contributed by atoms with van der Waals surface area (Å²) in [5.74, 6) is -0.132. The van der Waals surface area contributed by atoms with Gasteiger partial charge in [-0.2, -0.15) is 0 Å². The Morgan fingerprint density at radius 1 is 1.13 bits per heavy atom. The number of hydrogen-bond donors (Lipinski definition) is 0. The van der Waals surface area contributed by atoms with Crippen LogP contribution in [0.1, 0.15) is 27.9 Å². The fraction of sp³-hybridized carbons (Fsp3) is 0.235. The lowest BCUT2D eigenvalue weighted by Gasteiger charge is -2.30. The first-order valence-electron chi connectivity index (χ1n) is 7.25. The average Bonchev–Trinajstić information content (AvgIpc) is 2.50. The maximum absolute atomic E-state index is 12.8. The van der Waals surface area contributed by atoms with Gasteiger partial charge in [0.2, 0.25) is 10.0 Å². The number of Topliss-reactive ketones (excluding diaryl/α,β-unsaturated/α-hetero) is 1. The van der Waals surface area contributed by atoms with Crippen molar-refractivity contribution in [2.45, 2.75) is 19.1 Å². The van der Waals surface area contributed by atoms with Gasteiger partial charge in [0.25, 0.3) is 0 Å². The molecule has 2 aromatic carbocycles. The molecule has 0 bridgehead atoms. The molecule has 4 nitrogen and oxygen atoms in total. The van der Waals surface area contributed by atoms with E-state index in [1.807, 2.05) is 13.0 Å². The second-order valence-electron chi connectivity index (χ2n) is 5.65. The number of rotatable bonds is 3. The lowest BCUT2D eigenvalue weighted by atomic mass is 10.0. The first kappa shape index (κ1) is 16.0. The summed E-state index contributed by atoms with van der Waals surface area (Å²) in [6.45, 7) is 2.07. The summed E-state index contributed by atoms with van der Waals surface area (Å²) in [4.78, 5) is 12.1. The first-order chi connectivity index (χ1) is 10.9. The smallest absolute Gasteiger partial charge is 0.239 e. The number of benzene rings is 2. The van der Waals surface area contributed by atoms with Crippen LogP contribution >= 0.6 is 11.6 Å². The van der Waals surface area contributed by atoms with E-state index >= 15 is 0 Å². The molecule has 0 atom stereocenters. The van der Waals surface area contributed by atoms with Gasteiger partial charge in [0.15, 0.2) is 5.78 Å². The van der Waals surface area contributed by atoms with Gasteiger partial charge in [-0.15, -0.1) is 0 Å². The number of ketones is 1. The van der Waals surface area contributed by atoms with Gasteiger partial charge in [0.05, 0.1) is 11.4 Å². The van der Waals surface area contributed by atoms with Crippen LogP contribution in [0.25, 0.3) is 0 Å². The van der Waals surface area contributed by atoms with Crippen molar-refractivity contribution < 1.29 is 13.2 Å². The van der Waals surface area contributed by atoms with Gasteiger partial charge in [0, 0.05) is 23.6 Å². The fourth-order valence-electron chi connectivity index (χ4n) is 2.71. The molecule has 0 fully saturated rings. The topological polar surface area (TPSA) is 54.5 Å². The van der Waals surface area contributed by atoms with E-state index in [1.165, 1.54) is 4.31 Å². The number of hydrogen-bond acceptors (Lipinski definition) is 3. The van der Waals surface area contributed by atoms with Crippen LogP contribution < -0.4 is 4.31 Å². The van der Waals surface area contributed by atoms with E-state index in [9.17, 15) is 13.2 Å². The maximum atomic E-state index is 12.8. The van der Waals surface area contributed by atoms with Crippen molar-refractivity contribution in [1.82, 2.24) is 0 Å². The molecular weight excluding hydrogens is 334 g/mol.